The quantitative estimate of drug-likeness (QED) is 0.649. The van der Waals surface area contributed by atoms with Gasteiger partial charge < -0.3 is 11.1 Å². The van der Waals surface area contributed by atoms with E-state index >= 15 is 0 Å². The van der Waals surface area contributed by atoms with Crippen molar-refractivity contribution in [2.75, 3.05) is 6.54 Å². The van der Waals surface area contributed by atoms with Crippen molar-refractivity contribution in [2.45, 2.75) is 25.3 Å². The second-order valence-electron chi connectivity index (χ2n) is 5.13. The number of benzene rings is 1. The molecule has 112 valence electrons. The second kappa shape index (κ2) is 6.99. The molecule has 4 N–H and O–H groups in total. The molecule has 0 saturated carbocycles. The van der Waals surface area contributed by atoms with Crippen molar-refractivity contribution in [1.29, 1.82) is 0 Å². The predicted octanol–water partition coefficient (Wildman–Crippen LogP) is -0.275. The molecule has 2 rings (SSSR count). The predicted molar refractivity (Wildman–Crippen MR) is 77.0 cm³/mol. The van der Waals surface area contributed by atoms with Gasteiger partial charge in [0.25, 0.3) is 0 Å². The zero-order valence-electron chi connectivity index (χ0n) is 11.7. The van der Waals surface area contributed by atoms with E-state index in [2.05, 4.69) is 10.6 Å². The van der Waals surface area contributed by atoms with Gasteiger partial charge in [0.1, 0.15) is 6.04 Å². The van der Waals surface area contributed by atoms with E-state index < -0.39 is 17.9 Å². The molecule has 1 heterocycles. The number of piperidine rings is 1. The molecule has 2 atom stereocenters. The topological polar surface area (TPSA) is 101 Å². The van der Waals surface area contributed by atoms with E-state index in [9.17, 15) is 14.4 Å². The molecule has 1 aliphatic rings. The van der Waals surface area contributed by atoms with Crippen molar-refractivity contribution >= 4 is 17.7 Å². The average molecular weight is 289 g/mol. The van der Waals surface area contributed by atoms with Gasteiger partial charge in [0.15, 0.2) is 0 Å². The first-order valence-corrected chi connectivity index (χ1v) is 6.98. The third-order valence-electron chi connectivity index (χ3n) is 3.54. The number of carbonyl (C=O) groups excluding carboxylic acids is 3. The Kier molecular flexibility index (Phi) is 5.05. The van der Waals surface area contributed by atoms with Crippen LogP contribution >= 0.6 is 0 Å². The Labute approximate surface area is 123 Å². The van der Waals surface area contributed by atoms with Crippen LogP contribution in [0.15, 0.2) is 30.3 Å². The number of imide groups is 1. The Morgan fingerprint density at radius 1 is 1.33 bits per heavy atom. The summed E-state index contributed by atoms with van der Waals surface area (Å²) in [5, 5.41) is 4.89. The molecule has 1 fully saturated rings. The summed E-state index contributed by atoms with van der Waals surface area (Å²) in [7, 11) is 0. The molecule has 0 aromatic heterocycles. The maximum Gasteiger partial charge on any atom is 0.249 e. The van der Waals surface area contributed by atoms with Gasteiger partial charge in [-0.25, -0.2) is 0 Å². The molecule has 0 aliphatic carbocycles. The van der Waals surface area contributed by atoms with E-state index in [0.29, 0.717) is 12.8 Å². The standard InChI is InChI=1S/C15H19N3O3/c16-9-11(8-10-4-2-1-3-5-10)14(20)17-12-6-7-13(19)18-15(12)21/h1-5,11-12H,6-9,16H2,(H,17,20)(H,18,19,21). The summed E-state index contributed by atoms with van der Waals surface area (Å²) < 4.78 is 0. The van der Waals surface area contributed by atoms with E-state index in [1.54, 1.807) is 0 Å². The maximum absolute atomic E-state index is 12.2. The van der Waals surface area contributed by atoms with Crippen LogP contribution in [-0.2, 0) is 20.8 Å². The molecule has 0 radical (unpaired) electrons. The first-order chi connectivity index (χ1) is 10.1. The molecule has 1 aromatic carbocycles. The van der Waals surface area contributed by atoms with Crippen LogP contribution in [0.4, 0.5) is 0 Å². The Morgan fingerprint density at radius 2 is 2.05 bits per heavy atom. The molecule has 0 spiro atoms. The Hall–Kier alpha value is -2.21. The summed E-state index contributed by atoms with van der Waals surface area (Å²) in [5.41, 5.74) is 6.69. The van der Waals surface area contributed by atoms with Gasteiger partial charge in [-0.15, -0.1) is 0 Å². The Morgan fingerprint density at radius 3 is 2.67 bits per heavy atom. The van der Waals surface area contributed by atoms with Gasteiger partial charge in [-0.3, -0.25) is 19.7 Å². The van der Waals surface area contributed by atoms with E-state index in [1.807, 2.05) is 30.3 Å². The van der Waals surface area contributed by atoms with Crippen LogP contribution in [0.3, 0.4) is 0 Å². The van der Waals surface area contributed by atoms with E-state index in [-0.39, 0.29) is 24.8 Å². The van der Waals surface area contributed by atoms with Crippen LogP contribution in [-0.4, -0.2) is 30.3 Å². The van der Waals surface area contributed by atoms with Crippen LogP contribution in [0, 0.1) is 5.92 Å². The van der Waals surface area contributed by atoms with Gasteiger partial charge >= 0.3 is 0 Å². The second-order valence-corrected chi connectivity index (χ2v) is 5.13. The largest absolute Gasteiger partial charge is 0.344 e. The van der Waals surface area contributed by atoms with Crippen molar-refractivity contribution < 1.29 is 14.4 Å². The number of hydrogen-bond donors (Lipinski definition) is 3. The van der Waals surface area contributed by atoms with Crippen molar-refractivity contribution in [2.24, 2.45) is 11.7 Å². The molecular weight excluding hydrogens is 270 g/mol. The highest BCUT2D eigenvalue weighted by Crippen LogP contribution is 2.10. The number of amides is 3. The van der Waals surface area contributed by atoms with Crippen LogP contribution in [0.5, 0.6) is 0 Å². The molecule has 1 saturated heterocycles. The SMILES string of the molecule is NCC(Cc1ccccc1)C(=O)NC1CCC(=O)NC1=O. The lowest BCUT2D eigenvalue weighted by atomic mass is 9.97. The minimum Gasteiger partial charge on any atom is -0.344 e. The van der Waals surface area contributed by atoms with Crippen LogP contribution in [0.25, 0.3) is 0 Å². The third kappa shape index (κ3) is 4.13. The van der Waals surface area contributed by atoms with E-state index in [0.717, 1.165) is 5.56 Å². The first kappa shape index (κ1) is 15.2. The molecule has 2 unspecified atom stereocenters. The highest BCUT2D eigenvalue weighted by Gasteiger charge is 2.29. The summed E-state index contributed by atoms with van der Waals surface area (Å²) >= 11 is 0. The Bertz CT molecular complexity index is 530. The summed E-state index contributed by atoms with van der Waals surface area (Å²) in [6, 6.07) is 8.93. The maximum atomic E-state index is 12.2. The third-order valence-corrected chi connectivity index (χ3v) is 3.54. The molecule has 6 nitrogen and oxygen atoms in total. The lowest BCUT2D eigenvalue weighted by Gasteiger charge is -2.24. The summed E-state index contributed by atoms with van der Waals surface area (Å²) in [4.78, 5) is 34.9. The highest BCUT2D eigenvalue weighted by molar-refractivity contribution is 6.01. The zero-order chi connectivity index (χ0) is 15.2. The molecule has 1 aliphatic heterocycles. The highest BCUT2D eigenvalue weighted by atomic mass is 16.2. The van der Waals surface area contributed by atoms with Gasteiger partial charge in [0.05, 0.1) is 5.92 Å². The van der Waals surface area contributed by atoms with E-state index in [4.69, 9.17) is 5.73 Å². The smallest absolute Gasteiger partial charge is 0.249 e. The molecular formula is C15H19N3O3. The van der Waals surface area contributed by atoms with Crippen molar-refractivity contribution in [3.8, 4) is 0 Å². The summed E-state index contributed by atoms with van der Waals surface area (Å²) in [5.74, 6) is -1.39. The average Bonchev–Trinajstić information content (AvgIpc) is 2.48. The molecule has 21 heavy (non-hydrogen) atoms. The van der Waals surface area contributed by atoms with Crippen molar-refractivity contribution in [3.05, 3.63) is 35.9 Å². The summed E-state index contributed by atoms with van der Waals surface area (Å²) in [6.45, 7) is 0.202. The van der Waals surface area contributed by atoms with Crippen molar-refractivity contribution in [3.63, 3.8) is 0 Å². The van der Waals surface area contributed by atoms with Gasteiger partial charge in [0.2, 0.25) is 17.7 Å². The fourth-order valence-electron chi connectivity index (χ4n) is 2.30. The number of hydrogen-bond acceptors (Lipinski definition) is 4. The Balaban J connectivity index is 1.94. The number of nitrogens with one attached hydrogen (secondary N) is 2. The number of rotatable bonds is 5. The number of nitrogens with two attached hydrogens (primary N) is 1. The first-order valence-electron chi connectivity index (χ1n) is 6.98. The molecule has 6 heteroatoms. The summed E-state index contributed by atoms with van der Waals surface area (Å²) in [6.07, 6.45) is 1.10. The van der Waals surface area contributed by atoms with Crippen LogP contribution < -0.4 is 16.4 Å². The van der Waals surface area contributed by atoms with Crippen molar-refractivity contribution in [1.82, 2.24) is 10.6 Å². The molecule has 1 aromatic rings. The fraction of sp³-hybridized carbons (Fsp3) is 0.400. The lowest BCUT2D eigenvalue weighted by Crippen LogP contribution is -2.54. The van der Waals surface area contributed by atoms with Gasteiger partial charge in [-0.1, -0.05) is 30.3 Å². The van der Waals surface area contributed by atoms with Crippen LogP contribution in [0.1, 0.15) is 18.4 Å². The van der Waals surface area contributed by atoms with Gasteiger partial charge in [-0.05, 0) is 18.4 Å². The molecule has 3 amide bonds. The monoisotopic (exact) mass is 289 g/mol. The number of carbonyl (C=O) groups is 3. The van der Waals surface area contributed by atoms with Gasteiger partial charge in [0, 0.05) is 13.0 Å². The van der Waals surface area contributed by atoms with Gasteiger partial charge in [-0.2, -0.15) is 0 Å². The van der Waals surface area contributed by atoms with E-state index in [1.165, 1.54) is 0 Å². The normalized spacial score (nSPS) is 19.8. The van der Waals surface area contributed by atoms with Crippen LogP contribution in [0.2, 0.25) is 0 Å². The molecule has 0 bridgehead atoms. The fourth-order valence-corrected chi connectivity index (χ4v) is 2.30. The minimum atomic E-state index is -0.653. The minimum absolute atomic E-state index is 0.202. The lowest BCUT2D eigenvalue weighted by molar-refractivity contribution is -0.138. The zero-order valence-corrected chi connectivity index (χ0v) is 11.7.